The quantitative estimate of drug-likeness (QED) is 0.238. The maximum absolute atomic E-state index is 13.2. The molecule has 0 aliphatic carbocycles. The summed E-state index contributed by atoms with van der Waals surface area (Å²) in [6, 6.07) is 9.38. The van der Waals surface area contributed by atoms with Crippen molar-refractivity contribution < 1.29 is 33.0 Å². The first-order chi connectivity index (χ1) is 14.9. The monoisotopic (exact) mass is 452 g/mol. The first-order valence-corrected chi connectivity index (χ1v) is 11.4. The van der Waals surface area contributed by atoms with E-state index in [1.54, 1.807) is 19.3 Å². The molecule has 0 saturated heterocycles. The zero-order chi connectivity index (χ0) is 22.7. The molecule has 1 atom stereocenters. The highest BCUT2D eigenvalue weighted by Crippen LogP contribution is 2.34. The Hall–Kier alpha value is -2.53. The van der Waals surface area contributed by atoms with E-state index in [1.165, 1.54) is 29.7 Å². The van der Waals surface area contributed by atoms with E-state index in [1.807, 2.05) is 12.1 Å². The van der Waals surface area contributed by atoms with E-state index < -0.39 is 27.1 Å². The third-order valence-corrected chi connectivity index (χ3v) is 7.34. The van der Waals surface area contributed by atoms with Gasteiger partial charge in [-0.05, 0) is 48.7 Å². The van der Waals surface area contributed by atoms with Gasteiger partial charge in [-0.25, -0.2) is 13.9 Å². The van der Waals surface area contributed by atoms with Gasteiger partial charge in [0.15, 0.2) is 14.6 Å². The number of hydrogen-bond acceptors (Lipinski definition) is 8. The number of rotatable bonds is 13. The summed E-state index contributed by atoms with van der Waals surface area (Å²) in [5.41, 5.74) is 2.39. The second kappa shape index (κ2) is 11.8. The van der Waals surface area contributed by atoms with Gasteiger partial charge >= 0.3 is 0 Å². The van der Waals surface area contributed by atoms with Crippen molar-refractivity contribution in [2.24, 2.45) is 0 Å². The van der Waals surface area contributed by atoms with Gasteiger partial charge in [0, 0.05) is 19.0 Å². The van der Waals surface area contributed by atoms with Crippen LogP contribution in [0.3, 0.4) is 0 Å². The van der Waals surface area contributed by atoms with Crippen molar-refractivity contribution in [3.63, 3.8) is 0 Å². The highest BCUT2D eigenvalue weighted by molar-refractivity contribution is 7.93. The number of sulfone groups is 1. The number of aromatic nitrogens is 1. The van der Waals surface area contributed by atoms with Crippen molar-refractivity contribution in [1.82, 2.24) is 10.5 Å². The molecule has 0 radical (unpaired) electrons. The van der Waals surface area contributed by atoms with E-state index in [4.69, 9.17) is 14.7 Å². The molecular weight excluding hydrogens is 424 g/mol. The van der Waals surface area contributed by atoms with Crippen LogP contribution in [0.5, 0.6) is 5.75 Å². The number of hydrogen-bond donors (Lipinski definition) is 3. The molecule has 10 heteroatoms. The minimum atomic E-state index is -4.19. The molecular formula is C21H28N2O7S. The van der Waals surface area contributed by atoms with Gasteiger partial charge in [-0.15, -0.1) is 0 Å². The van der Waals surface area contributed by atoms with E-state index in [-0.39, 0.29) is 24.3 Å². The van der Waals surface area contributed by atoms with Crippen molar-refractivity contribution in [3.05, 3.63) is 54.4 Å². The van der Waals surface area contributed by atoms with E-state index in [9.17, 15) is 18.3 Å². The number of ether oxygens (including phenoxy) is 2. The number of pyridine rings is 1. The van der Waals surface area contributed by atoms with Gasteiger partial charge in [-0.3, -0.25) is 15.0 Å². The number of nitrogens with zero attached hydrogens (tertiary/aromatic N) is 1. The molecule has 1 aromatic heterocycles. The number of benzene rings is 1. The Morgan fingerprint density at radius 2 is 1.90 bits per heavy atom. The molecule has 0 aliphatic rings. The Morgan fingerprint density at radius 1 is 1.16 bits per heavy atom. The second-order valence-corrected chi connectivity index (χ2v) is 9.16. The fraction of sp³-hybridized carbons (Fsp3) is 0.429. The fourth-order valence-corrected chi connectivity index (χ4v) is 5.33. The topological polar surface area (TPSA) is 135 Å². The molecule has 170 valence electrons. The lowest BCUT2D eigenvalue weighted by atomic mass is 9.98. The van der Waals surface area contributed by atoms with Crippen LogP contribution in [0.4, 0.5) is 0 Å². The predicted molar refractivity (Wildman–Crippen MR) is 112 cm³/mol. The van der Waals surface area contributed by atoms with Crippen LogP contribution in [0.1, 0.15) is 31.7 Å². The largest absolute Gasteiger partial charge is 0.491 e. The van der Waals surface area contributed by atoms with Crippen LogP contribution in [0.15, 0.2) is 53.7 Å². The van der Waals surface area contributed by atoms with Gasteiger partial charge in [0.2, 0.25) is 0 Å². The van der Waals surface area contributed by atoms with Gasteiger partial charge in [0.1, 0.15) is 12.4 Å². The third kappa shape index (κ3) is 6.01. The first kappa shape index (κ1) is 24.7. The van der Waals surface area contributed by atoms with Crippen molar-refractivity contribution in [2.75, 3.05) is 19.8 Å². The molecule has 3 N–H and O–H groups in total. The zero-order valence-corrected chi connectivity index (χ0v) is 18.2. The van der Waals surface area contributed by atoms with Crippen LogP contribution < -0.4 is 10.2 Å². The molecule has 1 heterocycles. The summed E-state index contributed by atoms with van der Waals surface area (Å²) in [5, 5.41) is 18.5. The molecule has 1 amide bonds. The Balaban J connectivity index is 2.03. The van der Waals surface area contributed by atoms with Crippen LogP contribution in [-0.2, 0) is 26.0 Å². The summed E-state index contributed by atoms with van der Waals surface area (Å²) in [4.78, 5) is 16.2. The van der Waals surface area contributed by atoms with Crippen LogP contribution in [-0.4, -0.2) is 54.2 Å². The van der Waals surface area contributed by atoms with Gasteiger partial charge in [-0.2, -0.15) is 0 Å². The van der Waals surface area contributed by atoms with Gasteiger partial charge < -0.3 is 14.6 Å². The number of carbonyl (C=O) groups is 1. The summed E-state index contributed by atoms with van der Waals surface area (Å²) < 4.78 is 35.6. The predicted octanol–water partition coefficient (Wildman–Crippen LogP) is 1.88. The van der Waals surface area contributed by atoms with Gasteiger partial charge in [0.25, 0.3) is 5.91 Å². The van der Waals surface area contributed by atoms with Gasteiger partial charge in [0.05, 0.1) is 18.1 Å². The number of nitrogens with one attached hydrogen (secondary N) is 1. The first-order valence-electron chi connectivity index (χ1n) is 9.91. The average Bonchev–Trinajstić information content (AvgIpc) is 2.79. The molecule has 31 heavy (non-hydrogen) atoms. The van der Waals surface area contributed by atoms with Crippen molar-refractivity contribution >= 4 is 15.7 Å². The average molecular weight is 453 g/mol. The SMILES string of the molecule is CCCC(CCO)(C(=O)NO)S(=O)(=O)c1ccc(OCCOCc2cccnc2)cc1. The fourth-order valence-electron chi connectivity index (χ4n) is 3.26. The van der Waals surface area contributed by atoms with E-state index in [2.05, 4.69) is 4.98 Å². The van der Waals surface area contributed by atoms with Crippen molar-refractivity contribution in [2.45, 2.75) is 42.4 Å². The van der Waals surface area contributed by atoms with Crippen LogP contribution in [0.25, 0.3) is 0 Å². The zero-order valence-electron chi connectivity index (χ0n) is 17.4. The smallest absolute Gasteiger partial charge is 0.265 e. The van der Waals surface area contributed by atoms with Gasteiger partial charge in [-0.1, -0.05) is 19.4 Å². The van der Waals surface area contributed by atoms with Crippen LogP contribution in [0, 0.1) is 0 Å². The number of amides is 1. The minimum Gasteiger partial charge on any atom is -0.491 e. The molecule has 2 aromatic rings. The highest BCUT2D eigenvalue weighted by atomic mass is 32.2. The third-order valence-electron chi connectivity index (χ3n) is 4.82. The Bertz CT molecular complexity index is 913. The van der Waals surface area contributed by atoms with Crippen molar-refractivity contribution in [1.29, 1.82) is 0 Å². The molecule has 1 aromatic carbocycles. The molecule has 0 spiro atoms. The van der Waals surface area contributed by atoms with Crippen molar-refractivity contribution in [3.8, 4) is 5.75 Å². The Labute approximate surface area is 181 Å². The standard InChI is InChI=1S/C21H28N2O7S/c1-2-9-21(10-12-24,20(25)23-26)31(27,28)19-7-5-18(6-8-19)30-14-13-29-16-17-4-3-11-22-15-17/h3-8,11,15,24,26H,2,9-10,12-14,16H2,1H3,(H,23,25). The van der Waals surface area contributed by atoms with E-state index in [0.717, 1.165) is 5.56 Å². The Morgan fingerprint density at radius 3 is 2.48 bits per heavy atom. The molecule has 0 saturated carbocycles. The lowest BCUT2D eigenvalue weighted by Crippen LogP contribution is -2.52. The number of aliphatic hydroxyl groups is 1. The number of hydroxylamine groups is 1. The summed E-state index contributed by atoms with van der Waals surface area (Å²) >= 11 is 0. The van der Waals surface area contributed by atoms with Crippen LogP contribution >= 0.6 is 0 Å². The molecule has 0 fully saturated rings. The molecule has 0 bridgehead atoms. The normalized spacial score (nSPS) is 13.4. The Kier molecular flexibility index (Phi) is 9.38. The molecule has 9 nitrogen and oxygen atoms in total. The highest BCUT2D eigenvalue weighted by Gasteiger charge is 2.50. The number of carbonyl (C=O) groups excluding carboxylic acids is 1. The van der Waals surface area contributed by atoms with E-state index >= 15 is 0 Å². The second-order valence-electron chi connectivity index (χ2n) is 6.90. The summed E-state index contributed by atoms with van der Waals surface area (Å²) in [6.45, 7) is 2.21. The summed E-state index contributed by atoms with van der Waals surface area (Å²) in [7, 11) is -4.19. The van der Waals surface area contributed by atoms with E-state index in [0.29, 0.717) is 25.4 Å². The van der Waals surface area contributed by atoms with Crippen LogP contribution in [0.2, 0.25) is 0 Å². The lowest BCUT2D eigenvalue weighted by Gasteiger charge is -2.30. The molecule has 0 aliphatic heterocycles. The lowest BCUT2D eigenvalue weighted by molar-refractivity contribution is -0.132. The maximum Gasteiger partial charge on any atom is 0.265 e. The molecule has 1 unspecified atom stereocenters. The number of aliphatic hydroxyl groups excluding tert-OH is 1. The maximum atomic E-state index is 13.2. The minimum absolute atomic E-state index is 0.0468. The summed E-state index contributed by atoms with van der Waals surface area (Å²) in [5.74, 6) is -0.617. The summed E-state index contributed by atoms with van der Waals surface area (Å²) in [6.07, 6.45) is 3.39. The molecule has 2 rings (SSSR count).